The molecule has 0 aromatic heterocycles. The number of thioether (sulfide) groups is 1. The maximum absolute atomic E-state index is 13.7. The first-order valence-electron chi connectivity index (χ1n) is 11.1. The molecule has 3 N–H and O–H groups in total. The third kappa shape index (κ3) is 7.61. The average molecular weight is 471 g/mol. The van der Waals surface area contributed by atoms with Crippen molar-refractivity contribution in [2.75, 3.05) is 18.1 Å². The van der Waals surface area contributed by atoms with E-state index in [9.17, 15) is 24.6 Å². The van der Waals surface area contributed by atoms with Crippen molar-refractivity contribution in [2.24, 2.45) is 0 Å². The molecule has 33 heavy (non-hydrogen) atoms. The molecule has 2 aromatic carbocycles. The SMILES string of the molecule is O=C(O)CN(C(=O)[C@H](Cc1ccccc1)N[C@@H](Cc1ccccc1)C(=O)O)C1CCSCC1. The quantitative estimate of drug-likeness (QED) is 0.464. The van der Waals surface area contributed by atoms with Crippen LogP contribution in [0.25, 0.3) is 0 Å². The number of nitrogens with one attached hydrogen (secondary N) is 1. The number of hydrogen-bond donors (Lipinski definition) is 3. The van der Waals surface area contributed by atoms with Crippen LogP contribution in [0.2, 0.25) is 0 Å². The lowest BCUT2D eigenvalue weighted by Gasteiger charge is -2.36. The summed E-state index contributed by atoms with van der Waals surface area (Å²) in [6.45, 7) is -0.391. The number of amides is 1. The molecule has 0 saturated carbocycles. The molecule has 1 fully saturated rings. The molecule has 3 rings (SSSR count). The van der Waals surface area contributed by atoms with Crippen LogP contribution in [0.5, 0.6) is 0 Å². The highest BCUT2D eigenvalue weighted by molar-refractivity contribution is 7.99. The lowest BCUT2D eigenvalue weighted by molar-refractivity contribution is -0.148. The molecule has 2 aromatic rings. The monoisotopic (exact) mass is 470 g/mol. The zero-order valence-corrected chi connectivity index (χ0v) is 19.2. The van der Waals surface area contributed by atoms with Gasteiger partial charge in [0.2, 0.25) is 5.91 Å². The number of nitrogens with zero attached hydrogens (tertiary/aromatic N) is 1. The molecular weight excluding hydrogens is 440 g/mol. The standard InChI is InChI=1S/C25H30N2O5S/c28-23(29)17-27(20-11-13-33-14-12-20)24(30)21(15-18-7-3-1-4-8-18)26-22(25(31)32)16-19-9-5-2-6-10-19/h1-10,20-22,26H,11-17H2,(H,28,29)(H,31,32)/t21-,22-/m0/s1. The molecule has 1 amide bonds. The number of carboxylic acids is 2. The normalized spacial score (nSPS) is 16.0. The lowest BCUT2D eigenvalue weighted by Crippen LogP contribution is -2.57. The number of hydrogen-bond acceptors (Lipinski definition) is 5. The first-order valence-corrected chi connectivity index (χ1v) is 12.3. The largest absolute Gasteiger partial charge is 0.480 e. The predicted molar refractivity (Wildman–Crippen MR) is 128 cm³/mol. The molecule has 1 aliphatic heterocycles. The summed E-state index contributed by atoms with van der Waals surface area (Å²) in [4.78, 5) is 38.8. The van der Waals surface area contributed by atoms with E-state index in [0.717, 1.165) is 35.5 Å². The molecule has 176 valence electrons. The highest BCUT2D eigenvalue weighted by Crippen LogP contribution is 2.23. The van der Waals surface area contributed by atoms with Gasteiger partial charge in [-0.2, -0.15) is 11.8 Å². The van der Waals surface area contributed by atoms with Crippen molar-refractivity contribution in [1.82, 2.24) is 10.2 Å². The third-order valence-corrected chi connectivity index (χ3v) is 6.83. The van der Waals surface area contributed by atoms with Crippen LogP contribution in [0.1, 0.15) is 24.0 Å². The van der Waals surface area contributed by atoms with Gasteiger partial charge in [-0.05, 0) is 48.3 Å². The molecule has 0 spiro atoms. The first kappa shape index (κ1) is 24.8. The Morgan fingerprint density at radius 1 is 0.879 bits per heavy atom. The molecule has 0 radical (unpaired) electrons. The van der Waals surface area contributed by atoms with E-state index >= 15 is 0 Å². The van der Waals surface area contributed by atoms with Crippen molar-refractivity contribution in [3.8, 4) is 0 Å². The summed E-state index contributed by atoms with van der Waals surface area (Å²) >= 11 is 1.79. The van der Waals surface area contributed by atoms with Crippen molar-refractivity contribution in [3.05, 3.63) is 71.8 Å². The van der Waals surface area contributed by atoms with Gasteiger partial charge in [0, 0.05) is 6.04 Å². The summed E-state index contributed by atoms with van der Waals surface area (Å²) in [6, 6.07) is 16.6. The second kappa shape index (κ2) is 12.4. The Morgan fingerprint density at radius 3 is 1.88 bits per heavy atom. The molecule has 1 saturated heterocycles. The maximum atomic E-state index is 13.7. The summed E-state index contributed by atoms with van der Waals surface area (Å²) in [5.41, 5.74) is 1.72. The molecule has 0 bridgehead atoms. The van der Waals surface area contributed by atoms with Crippen molar-refractivity contribution < 1.29 is 24.6 Å². The van der Waals surface area contributed by atoms with Crippen molar-refractivity contribution in [3.63, 3.8) is 0 Å². The van der Waals surface area contributed by atoms with Crippen molar-refractivity contribution in [1.29, 1.82) is 0 Å². The Balaban J connectivity index is 1.86. The van der Waals surface area contributed by atoms with E-state index in [-0.39, 0.29) is 24.8 Å². The van der Waals surface area contributed by atoms with Gasteiger partial charge in [-0.3, -0.25) is 19.7 Å². The van der Waals surface area contributed by atoms with Crippen LogP contribution in [-0.4, -0.2) is 69.1 Å². The van der Waals surface area contributed by atoms with E-state index in [1.807, 2.05) is 60.7 Å². The Labute approximate surface area is 198 Å². The van der Waals surface area contributed by atoms with Gasteiger partial charge in [-0.1, -0.05) is 60.7 Å². The first-order chi connectivity index (χ1) is 15.9. The highest BCUT2D eigenvalue weighted by Gasteiger charge is 2.34. The minimum atomic E-state index is -1.07. The van der Waals surface area contributed by atoms with Crippen LogP contribution < -0.4 is 5.32 Å². The number of carbonyl (C=O) groups is 3. The second-order valence-corrected chi connectivity index (χ2v) is 9.42. The summed E-state index contributed by atoms with van der Waals surface area (Å²) < 4.78 is 0. The zero-order valence-electron chi connectivity index (χ0n) is 18.4. The maximum Gasteiger partial charge on any atom is 0.323 e. The smallest absolute Gasteiger partial charge is 0.323 e. The van der Waals surface area contributed by atoms with Gasteiger partial charge >= 0.3 is 11.9 Å². The Kier molecular flexibility index (Phi) is 9.33. The summed E-state index contributed by atoms with van der Waals surface area (Å²) in [5, 5.41) is 22.4. The predicted octanol–water partition coefficient (Wildman–Crippen LogP) is 2.69. The topological polar surface area (TPSA) is 107 Å². The van der Waals surface area contributed by atoms with E-state index in [2.05, 4.69) is 5.32 Å². The molecular formula is C25H30N2O5S. The van der Waals surface area contributed by atoms with E-state index in [1.54, 1.807) is 11.8 Å². The van der Waals surface area contributed by atoms with Crippen molar-refractivity contribution in [2.45, 2.75) is 43.8 Å². The number of carboxylic acid groups (broad SMARTS) is 2. The van der Waals surface area contributed by atoms with Crippen LogP contribution >= 0.6 is 11.8 Å². The third-order valence-electron chi connectivity index (χ3n) is 5.78. The van der Waals surface area contributed by atoms with E-state index < -0.39 is 30.6 Å². The van der Waals surface area contributed by atoms with Gasteiger partial charge in [0.25, 0.3) is 0 Å². The fraction of sp³-hybridized carbons (Fsp3) is 0.400. The molecule has 1 aliphatic rings. The number of benzene rings is 2. The van der Waals surface area contributed by atoms with Gasteiger partial charge in [-0.25, -0.2) is 0 Å². The summed E-state index contributed by atoms with van der Waals surface area (Å²) in [5.74, 6) is -0.743. The molecule has 0 unspecified atom stereocenters. The van der Waals surface area contributed by atoms with Crippen molar-refractivity contribution >= 4 is 29.6 Å². The van der Waals surface area contributed by atoms with Crippen LogP contribution in [0.3, 0.4) is 0 Å². The van der Waals surface area contributed by atoms with Gasteiger partial charge in [0.1, 0.15) is 12.6 Å². The van der Waals surface area contributed by atoms with Gasteiger partial charge < -0.3 is 15.1 Å². The Morgan fingerprint density at radius 2 is 1.39 bits per heavy atom. The lowest BCUT2D eigenvalue weighted by atomic mass is 9.99. The number of carbonyl (C=O) groups excluding carboxylic acids is 1. The summed E-state index contributed by atoms with van der Waals surface area (Å²) in [7, 11) is 0. The average Bonchev–Trinajstić information content (AvgIpc) is 2.83. The van der Waals surface area contributed by atoms with Crippen LogP contribution in [0.4, 0.5) is 0 Å². The van der Waals surface area contributed by atoms with E-state index in [0.29, 0.717) is 0 Å². The minimum Gasteiger partial charge on any atom is -0.480 e. The molecule has 1 heterocycles. The van der Waals surface area contributed by atoms with Gasteiger partial charge in [0.15, 0.2) is 0 Å². The fourth-order valence-corrected chi connectivity index (χ4v) is 5.19. The number of aliphatic carboxylic acids is 2. The second-order valence-electron chi connectivity index (χ2n) is 8.19. The van der Waals surface area contributed by atoms with Crippen LogP contribution in [-0.2, 0) is 27.2 Å². The Hall–Kier alpha value is -2.84. The van der Waals surface area contributed by atoms with Gasteiger partial charge in [-0.15, -0.1) is 0 Å². The minimum absolute atomic E-state index is 0.160. The summed E-state index contributed by atoms with van der Waals surface area (Å²) in [6.07, 6.45) is 1.95. The zero-order chi connectivity index (χ0) is 23.6. The van der Waals surface area contributed by atoms with E-state index in [1.165, 1.54) is 4.90 Å². The Bertz CT molecular complexity index is 919. The molecule has 0 aliphatic carbocycles. The fourth-order valence-electron chi connectivity index (χ4n) is 4.11. The van der Waals surface area contributed by atoms with E-state index in [4.69, 9.17) is 0 Å². The molecule has 7 nitrogen and oxygen atoms in total. The number of rotatable bonds is 11. The van der Waals surface area contributed by atoms with Crippen LogP contribution in [0.15, 0.2) is 60.7 Å². The molecule has 2 atom stereocenters. The highest BCUT2D eigenvalue weighted by atomic mass is 32.2. The molecule has 8 heteroatoms. The van der Waals surface area contributed by atoms with Gasteiger partial charge in [0.05, 0.1) is 6.04 Å². The van der Waals surface area contributed by atoms with Crippen LogP contribution in [0, 0.1) is 0 Å².